The second kappa shape index (κ2) is 8.18. The van der Waals surface area contributed by atoms with Gasteiger partial charge in [-0.1, -0.05) is 19.3 Å². The van der Waals surface area contributed by atoms with Crippen LogP contribution in [0.5, 0.6) is 0 Å². The molecule has 0 heterocycles. The Balaban J connectivity index is 2.00. The predicted octanol–water partition coefficient (Wildman–Crippen LogP) is 3.87. The molecule has 116 valence electrons. The average molecular weight is 409 g/mol. The zero-order valence-electron chi connectivity index (χ0n) is 12.7. The van der Waals surface area contributed by atoms with Crippen LogP contribution in [0.1, 0.15) is 37.7 Å². The molecule has 5 heteroatoms. The highest BCUT2D eigenvalue weighted by Crippen LogP contribution is 2.19. The second-order valence-electron chi connectivity index (χ2n) is 5.58. The maximum atomic E-state index is 12.2. The summed E-state index contributed by atoms with van der Waals surface area (Å²) in [6.07, 6.45) is 7.05. The Morgan fingerprint density at radius 2 is 2.09 bits per heavy atom. The fourth-order valence-electron chi connectivity index (χ4n) is 2.60. The number of aryl methyl sites for hydroxylation is 1. The molecule has 0 unspecified atom stereocenters. The van der Waals surface area contributed by atoms with Gasteiger partial charge in [-0.2, -0.15) is 5.26 Å². The summed E-state index contributed by atoms with van der Waals surface area (Å²) in [5.41, 5.74) is 2.09. The van der Waals surface area contributed by atoms with E-state index in [1.54, 1.807) is 0 Å². The standard InChI is InChI=1S/C17H20IN3O/c1-12-9-14(18)7-8-16(12)20-11-13(10-19)17(22)21-15-5-3-2-4-6-15/h7-9,11,15,20H,2-6H2,1H3,(H,21,22)/b13-11-. The first-order valence-corrected chi connectivity index (χ1v) is 8.62. The molecule has 0 radical (unpaired) electrons. The third-order valence-electron chi connectivity index (χ3n) is 3.87. The molecule has 1 fully saturated rings. The van der Waals surface area contributed by atoms with E-state index in [0.717, 1.165) is 40.5 Å². The van der Waals surface area contributed by atoms with Crippen molar-refractivity contribution in [2.24, 2.45) is 0 Å². The number of hydrogen-bond donors (Lipinski definition) is 2. The van der Waals surface area contributed by atoms with Gasteiger partial charge in [0.1, 0.15) is 11.6 Å². The van der Waals surface area contributed by atoms with Gasteiger partial charge in [-0.3, -0.25) is 4.79 Å². The largest absolute Gasteiger partial charge is 0.360 e. The molecule has 4 nitrogen and oxygen atoms in total. The minimum atomic E-state index is -0.287. The van der Waals surface area contributed by atoms with Crippen molar-refractivity contribution >= 4 is 34.2 Å². The molecule has 2 rings (SSSR count). The summed E-state index contributed by atoms with van der Waals surface area (Å²) in [5, 5.41) is 15.2. The minimum Gasteiger partial charge on any atom is -0.360 e. The van der Waals surface area contributed by atoms with E-state index in [1.165, 1.54) is 12.6 Å². The number of halogens is 1. The quantitative estimate of drug-likeness (QED) is 0.451. The van der Waals surface area contributed by atoms with Crippen LogP contribution in [-0.2, 0) is 4.79 Å². The highest BCUT2D eigenvalue weighted by Gasteiger charge is 2.18. The summed E-state index contributed by atoms with van der Waals surface area (Å²) in [5.74, 6) is -0.287. The van der Waals surface area contributed by atoms with E-state index < -0.39 is 0 Å². The fourth-order valence-corrected chi connectivity index (χ4v) is 3.24. The van der Waals surface area contributed by atoms with Crippen LogP contribution in [0.2, 0.25) is 0 Å². The van der Waals surface area contributed by atoms with Crippen molar-refractivity contribution in [2.45, 2.75) is 45.1 Å². The summed E-state index contributed by atoms with van der Waals surface area (Å²) in [4.78, 5) is 12.2. The summed E-state index contributed by atoms with van der Waals surface area (Å²) >= 11 is 2.25. The van der Waals surface area contributed by atoms with Gasteiger partial charge in [-0.15, -0.1) is 0 Å². The van der Waals surface area contributed by atoms with Crippen LogP contribution in [0.15, 0.2) is 30.0 Å². The molecule has 1 aromatic rings. The van der Waals surface area contributed by atoms with E-state index >= 15 is 0 Å². The Bertz CT molecular complexity index is 613. The number of amides is 1. The summed E-state index contributed by atoms with van der Waals surface area (Å²) < 4.78 is 1.15. The maximum absolute atomic E-state index is 12.2. The molecule has 22 heavy (non-hydrogen) atoms. The van der Waals surface area contributed by atoms with E-state index in [9.17, 15) is 10.1 Å². The van der Waals surface area contributed by atoms with Gasteiger partial charge in [0.15, 0.2) is 0 Å². The number of benzene rings is 1. The number of rotatable bonds is 4. The van der Waals surface area contributed by atoms with Crippen molar-refractivity contribution < 1.29 is 4.79 Å². The van der Waals surface area contributed by atoms with Gasteiger partial charge in [0.25, 0.3) is 5.91 Å². The lowest BCUT2D eigenvalue weighted by Gasteiger charge is -2.22. The SMILES string of the molecule is Cc1cc(I)ccc1N/C=C(/C#N)C(=O)NC1CCCCC1. The molecule has 0 atom stereocenters. The van der Waals surface area contributed by atoms with Gasteiger partial charge >= 0.3 is 0 Å². The third kappa shape index (κ3) is 4.73. The van der Waals surface area contributed by atoms with E-state index in [2.05, 4.69) is 33.2 Å². The number of carbonyl (C=O) groups is 1. The molecule has 1 amide bonds. The molecule has 0 bridgehead atoms. The zero-order valence-corrected chi connectivity index (χ0v) is 14.8. The lowest BCUT2D eigenvalue weighted by atomic mass is 9.95. The van der Waals surface area contributed by atoms with Gasteiger partial charge in [-0.05, 0) is 66.1 Å². The number of nitrogens with zero attached hydrogens (tertiary/aromatic N) is 1. The van der Waals surface area contributed by atoms with Gasteiger partial charge < -0.3 is 10.6 Å². The Hall–Kier alpha value is -1.55. The molecule has 0 aromatic heterocycles. The van der Waals surface area contributed by atoms with Crippen LogP contribution in [0, 0.1) is 21.8 Å². The molecule has 2 N–H and O–H groups in total. The van der Waals surface area contributed by atoms with Gasteiger partial charge in [-0.25, -0.2) is 0 Å². The first kappa shape index (κ1) is 16.8. The van der Waals surface area contributed by atoms with Crippen LogP contribution in [0.25, 0.3) is 0 Å². The minimum absolute atomic E-state index is 0.114. The molecule has 1 aliphatic carbocycles. The van der Waals surface area contributed by atoms with Crippen molar-refractivity contribution in [2.75, 3.05) is 5.32 Å². The monoisotopic (exact) mass is 409 g/mol. The Morgan fingerprint density at radius 1 is 1.36 bits per heavy atom. The molecular weight excluding hydrogens is 389 g/mol. The van der Waals surface area contributed by atoms with E-state index in [-0.39, 0.29) is 17.5 Å². The van der Waals surface area contributed by atoms with Crippen LogP contribution in [0.3, 0.4) is 0 Å². The normalized spacial score (nSPS) is 16.0. The molecule has 1 aliphatic rings. The van der Waals surface area contributed by atoms with E-state index in [0.29, 0.717) is 0 Å². The van der Waals surface area contributed by atoms with Crippen LogP contribution < -0.4 is 10.6 Å². The highest BCUT2D eigenvalue weighted by molar-refractivity contribution is 14.1. The third-order valence-corrected chi connectivity index (χ3v) is 4.54. The topological polar surface area (TPSA) is 64.9 Å². The lowest BCUT2D eigenvalue weighted by molar-refractivity contribution is -0.118. The van der Waals surface area contributed by atoms with E-state index in [1.807, 2.05) is 31.2 Å². The molecule has 0 saturated heterocycles. The predicted molar refractivity (Wildman–Crippen MR) is 96.2 cm³/mol. The van der Waals surface area contributed by atoms with Crippen molar-refractivity contribution in [3.8, 4) is 6.07 Å². The molecule has 1 aromatic carbocycles. The smallest absolute Gasteiger partial charge is 0.263 e. The van der Waals surface area contributed by atoms with Gasteiger partial charge in [0.2, 0.25) is 0 Å². The van der Waals surface area contributed by atoms with Crippen molar-refractivity contribution in [1.82, 2.24) is 5.32 Å². The number of hydrogen-bond acceptors (Lipinski definition) is 3. The van der Waals surface area contributed by atoms with Crippen molar-refractivity contribution in [1.29, 1.82) is 5.26 Å². The molecule has 0 aliphatic heterocycles. The van der Waals surface area contributed by atoms with Crippen LogP contribution in [-0.4, -0.2) is 11.9 Å². The van der Waals surface area contributed by atoms with Gasteiger partial charge in [0, 0.05) is 21.5 Å². The zero-order chi connectivity index (χ0) is 15.9. The highest BCUT2D eigenvalue weighted by atomic mass is 127. The summed E-state index contributed by atoms with van der Waals surface area (Å²) in [6.45, 7) is 1.99. The Kier molecular flexibility index (Phi) is 6.25. The van der Waals surface area contributed by atoms with Crippen molar-refractivity contribution in [3.05, 3.63) is 39.1 Å². The van der Waals surface area contributed by atoms with Gasteiger partial charge in [0.05, 0.1) is 0 Å². The molecular formula is C17H20IN3O. The average Bonchev–Trinajstić information content (AvgIpc) is 2.50. The Labute approximate surface area is 145 Å². The molecule has 1 saturated carbocycles. The Morgan fingerprint density at radius 3 is 2.73 bits per heavy atom. The van der Waals surface area contributed by atoms with Crippen molar-refractivity contribution in [3.63, 3.8) is 0 Å². The fraction of sp³-hybridized carbons (Fsp3) is 0.412. The maximum Gasteiger partial charge on any atom is 0.263 e. The number of carbonyl (C=O) groups excluding carboxylic acids is 1. The first-order valence-electron chi connectivity index (χ1n) is 7.54. The summed E-state index contributed by atoms with van der Waals surface area (Å²) in [6, 6.07) is 8.16. The number of anilines is 1. The summed E-state index contributed by atoms with van der Waals surface area (Å²) in [7, 11) is 0. The number of nitrogens with one attached hydrogen (secondary N) is 2. The second-order valence-corrected chi connectivity index (χ2v) is 6.83. The first-order chi connectivity index (χ1) is 10.6. The number of nitriles is 1. The van der Waals surface area contributed by atoms with E-state index in [4.69, 9.17) is 0 Å². The lowest BCUT2D eigenvalue weighted by Crippen LogP contribution is -2.37. The van der Waals surface area contributed by atoms with Crippen LogP contribution in [0.4, 0.5) is 5.69 Å². The molecule has 0 spiro atoms. The van der Waals surface area contributed by atoms with Crippen LogP contribution >= 0.6 is 22.6 Å².